The van der Waals surface area contributed by atoms with Crippen LogP contribution in [0, 0.1) is 9.39 Å². The summed E-state index contributed by atoms with van der Waals surface area (Å²) in [6.07, 6.45) is 1.72. The number of carbonyl (C=O) groups is 1. The summed E-state index contributed by atoms with van der Waals surface area (Å²) in [7, 11) is 3.04. The lowest BCUT2D eigenvalue weighted by Crippen LogP contribution is -2.40. The summed E-state index contributed by atoms with van der Waals surface area (Å²) in [5, 5.41) is 0. The maximum atomic E-state index is 14.3. The van der Waals surface area contributed by atoms with Gasteiger partial charge in [0.25, 0.3) is 5.56 Å². The quantitative estimate of drug-likeness (QED) is 0.138. The summed E-state index contributed by atoms with van der Waals surface area (Å²) in [4.78, 5) is 32.7. The topological polar surface area (TPSA) is 88.4 Å². The van der Waals surface area contributed by atoms with Crippen LogP contribution in [0.15, 0.2) is 78.5 Å². The Morgan fingerprint density at radius 1 is 1.13 bits per heavy atom. The van der Waals surface area contributed by atoms with Crippen molar-refractivity contribution in [3.05, 3.63) is 115 Å². The molecular weight excluding hydrogens is 846 g/mol. The molecule has 13 heteroatoms. The van der Waals surface area contributed by atoms with Crippen LogP contribution in [0.3, 0.4) is 0 Å². The molecule has 0 fully saturated rings. The minimum absolute atomic E-state index is 0.00181. The smallest absolute Gasteiger partial charge is 0.338 e. The van der Waals surface area contributed by atoms with Gasteiger partial charge >= 0.3 is 5.97 Å². The number of aromatic nitrogens is 1. The van der Waals surface area contributed by atoms with E-state index in [9.17, 15) is 14.0 Å². The van der Waals surface area contributed by atoms with Gasteiger partial charge in [0.1, 0.15) is 18.2 Å². The molecule has 4 aromatic rings. The highest BCUT2D eigenvalue weighted by Gasteiger charge is 2.35. The van der Waals surface area contributed by atoms with Crippen molar-refractivity contribution in [1.29, 1.82) is 0 Å². The van der Waals surface area contributed by atoms with Crippen molar-refractivity contribution < 1.29 is 28.1 Å². The van der Waals surface area contributed by atoms with Crippen LogP contribution in [0.2, 0.25) is 0 Å². The van der Waals surface area contributed by atoms with E-state index < -0.39 is 12.0 Å². The Kier molecular flexibility index (Phi) is 10.5. The van der Waals surface area contributed by atoms with Gasteiger partial charge in [0.05, 0.1) is 46.2 Å². The zero-order valence-corrected chi connectivity index (χ0v) is 30.6. The predicted octanol–water partition coefficient (Wildman–Crippen LogP) is 6.66. The number of rotatable bonds is 9. The van der Waals surface area contributed by atoms with Crippen molar-refractivity contribution in [2.75, 3.05) is 20.8 Å². The predicted molar refractivity (Wildman–Crippen MR) is 185 cm³/mol. The zero-order chi connectivity index (χ0) is 32.4. The largest absolute Gasteiger partial charge is 0.493 e. The number of ether oxygens (including phenoxy) is 4. The van der Waals surface area contributed by atoms with Crippen molar-refractivity contribution in [1.82, 2.24) is 4.57 Å². The Morgan fingerprint density at radius 3 is 2.53 bits per heavy atom. The van der Waals surface area contributed by atoms with Gasteiger partial charge in [-0.15, -0.1) is 0 Å². The van der Waals surface area contributed by atoms with Crippen molar-refractivity contribution in [3.8, 4) is 17.2 Å². The average molecular weight is 872 g/mol. The highest BCUT2D eigenvalue weighted by Crippen LogP contribution is 2.41. The molecule has 1 aliphatic heterocycles. The fourth-order valence-corrected chi connectivity index (χ4v) is 8.19. The van der Waals surface area contributed by atoms with E-state index in [0.29, 0.717) is 53.4 Å². The van der Waals surface area contributed by atoms with Crippen molar-refractivity contribution in [2.24, 2.45) is 4.99 Å². The lowest BCUT2D eigenvalue weighted by atomic mass is 9.95. The summed E-state index contributed by atoms with van der Waals surface area (Å²) in [6.45, 7) is 3.59. The Hall–Kier alpha value is -3.01. The zero-order valence-electron chi connectivity index (χ0n) is 24.5. The third-order valence-corrected chi connectivity index (χ3v) is 9.90. The van der Waals surface area contributed by atoms with Crippen LogP contribution in [0.4, 0.5) is 4.39 Å². The molecule has 0 unspecified atom stereocenters. The van der Waals surface area contributed by atoms with Crippen LogP contribution in [0.25, 0.3) is 6.08 Å². The number of allylic oxidation sites excluding steroid dienone is 1. The Bertz CT molecular complexity index is 2030. The van der Waals surface area contributed by atoms with Gasteiger partial charge < -0.3 is 18.9 Å². The summed E-state index contributed by atoms with van der Waals surface area (Å²) in [5.41, 5.74) is 1.90. The van der Waals surface area contributed by atoms with E-state index in [2.05, 4.69) is 59.4 Å². The molecular formula is C32H26Br2FIN2O6S. The van der Waals surface area contributed by atoms with E-state index in [0.717, 1.165) is 8.04 Å². The molecule has 3 aromatic carbocycles. The number of methoxy groups -OCH3 is 2. The van der Waals surface area contributed by atoms with Crippen molar-refractivity contribution in [2.45, 2.75) is 26.5 Å². The summed E-state index contributed by atoms with van der Waals surface area (Å²) in [5.74, 6) is 0.455. The molecule has 0 saturated heterocycles. The third-order valence-electron chi connectivity index (χ3n) is 6.97. The highest BCUT2D eigenvalue weighted by molar-refractivity contribution is 14.1. The van der Waals surface area contributed by atoms with Crippen molar-refractivity contribution in [3.63, 3.8) is 0 Å². The first-order valence-corrected chi connectivity index (χ1v) is 17.0. The number of thiazole rings is 1. The highest BCUT2D eigenvalue weighted by atomic mass is 127. The molecule has 1 aromatic heterocycles. The van der Waals surface area contributed by atoms with Gasteiger partial charge in [0, 0.05) is 20.1 Å². The first-order valence-electron chi connectivity index (χ1n) is 13.5. The Balaban J connectivity index is 1.70. The molecule has 0 spiro atoms. The number of halogens is 4. The van der Waals surface area contributed by atoms with Crippen LogP contribution >= 0.6 is 65.8 Å². The number of carbonyl (C=O) groups excluding carboxylic acids is 1. The van der Waals surface area contributed by atoms with Gasteiger partial charge in [-0.1, -0.05) is 61.4 Å². The van der Waals surface area contributed by atoms with Crippen LogP contribution < -0.4 is 29.1 Å². The maximum Gasteiger partial charge on any atom is 0.338 e. The summed E-state index contributed by atoms with van der Waals surface area (Å²) in [6, 6.07) is 12.7. The molecule has 0 N–H and O–H groups in total. The second-order valence-corrected chi connectivity index (χ2v) is 13.7. The first kappa shape index (κ1) is 33.4. The molecule has 5 rings (SSSR count). The maximum absolute atomic E-state index is 14.3. The number of esters is 1. The normalized spacial score (nSPS) is 14.6. The number of benzene rings is 3. The molecule has 45 heavy (non-hydrogen) atoms. The minimum atomic E-state index is -0.879. The van der Waals surface area contributed by atoms with Crippen LogP contribution in [0.5, 0.6) is 17.2 Å². The van der Waals surface area contributed by atoms with E-state index in [1.165, 1.54) is 36.2 Å². The second kappa shape index (κ2) is 14.2. The summed E-state index contributed by atoms with van der Waals surface area (Å²) >= 11 is 10.5. The monoisotopic (exact) mass is 870 g/mol. The summed E-state index contributed by atoms with van der Waals surface area (Å²) < 4.78 is 40.9. The van der Waals surface area contributed by atoms with Gasteiger partial charge in [-0.05, 0) is 78.4 Å². The third kappa shape index (κ3) is 6.76. The lowest BCUT2D eigenvalue weighted by Gasteiger charge is -2.26. The first-order chi connectivity index (χ1) is 21.6. The van der Waals surface area contributed by atoms with E-state index in [1.54, 1.807) is 50.3 Å². The van der Waals surface area contributed by atoms with E-state index in [4.69, 9.17) is 18.9 Å². The fraction of sp³-hybridized carbons (Fsp3) is 0.219. The van der Waals surface area contributed by atoms with E-state index in [1.807, 2.05) is 12.1 Å². The second-order valence-electron chi connectivity index (χ2n) is 9.72. The molecule has 1 aliphatic rings. The Labute approximate surface area is 292 Å². The van der Waals surface area contributed by atoms with Gasteiger partial charge in [-0.2, -0.15) is 0 Å². The molecule has 8 nitrogen and oxygen atoms in total. The molecule has 0 radical (unpaired) electrons. The standard InChI is InChI=1S/C32H26Br2FIN2O6S/c1-5-43-31(40)27-16(2)37-32-38(28(27)20-13-24(41-3)25(42-4)14-21(20)34)30(39)26(45-32)11-18-10-19(33)12-23(36)29(18)44-15-17-8-6-7-9-22(17)35/h6-14,28H,5,15H2,1-4H3/b26-11-/t28-/m0/s1. The molecule has 0 bridgehead atoms. The molecule has 0 amide bonds. The van der Waals surface area contributed by atoms with Crippen LogP contribution in [0.1, 0.15) is 36.6 Å². The minimum Gasteiger partial charge on any atom is -0.493 e. The average Bonchev–Trinajstić information content (AvgIpc) is 3.30. The molecule has 1 atom stereocenters. The fourth-order valence-electron chi connectivity index (χ4n) is 4.91. The molecule has 0 aliphatic carbocycles. The van der Waals surface area contributed by atoms with Gasteiger partial charge in [-0.25, -0.2) is 14.2 Å². The number of fused-ring (bicyclic) bond motifs is 1. The SMILES string of the molecule is CCOC(=O)C1=C(C)N=c2s/c(=C\c3cc(Br)cc(I)c3OCc3ccccc3F)c(=O)n2[C@H]1c1cc(OC)c(OC)cc1Br. The Morgan fingerprint density at radius 2 is 1.84 bits per heavy atom. The number of nitrogens with zero attached hydrogens (tertiary/aromatic N) is 2. The molecule has 0 saturated carbocycles. The van der Waals surface area contributed by atoms with E-state index >= 15 is 0 Å². The van der Waals surface area contributed by atoms with Crippen LogP contribution in [-0.2, 0) is 16.1 Å². The van der Waals surface area contributed by atoms with E-state index in [-0.39, 0.29) is 30.2 Å². The van der Waals surface area contributed by atoms with Gasteiger partial charge in [-0.3, -0.25) is 9.36 Å². The lowest BCUT2D eigenvalue weighted by molar-refractivity contribution is -0.139. The van der Waals surface area contributed by atoms with Gasteiger partial charge in [0.2, 0.25) is 0 Å². The molecule has 234 valence electrons. The van der Waals surface area contributed by atoms with Crippen molar-refractivity contribution >= 4 is 77.8 Å². The number of hydrogen-bond acceptors (Lipinski definition) is 8. The number of hydrogen-bond donors (Lipinski definition) is 0. The van der Waals surface area contributed by atoms with Crippen LogP contribution in [-0.4, -0.2) is 31.4 Å². The van der Waals surface area contributed by atoms with Gasteiger partial charge in [0.15, 0.2) is 16.3 Å². The molecule has 2 heterocycles.